The topological polar surface area (TPSA) is 80.4 Å². The molecule has 5 heteroatoms. The summed E-state index contributed by atoms with van der Waals surface area (Å²) in [5.41, 5.74) is 5.21. The van der Waals surface area contributed by atoms with Gasteiger partial charge in [0.15, 0.2) is 0 Å². The van der Waals surface area contributed by atoms with E-state index in [1.807, 2.05) is 6.92 Å². The number of hydrogen-bond donors (Lipinski definition) is 2. The second-order valence-electron chi connectivity index (χ2n) is 4.10. The molecular weight excluding hydrogens is 214 g/mol. The molecule has 1 atom stereocenters. The van der Waals surface area contributed by atoms with Crippen LogP contribution in [0.3, 0.4) is 0 Å². The monoisotopic (exact) mass is 237 g/mol. The fraction of sp³-hybridized carbons (Fsp3) is 1.00. The third-order valence-corrected chi connectivity index (χ3v) is 4.64. The van der Waals surface area contributed by atoms with Gasteiger partial charge in [0, 0.05) is 24.3 Å². The van der Waals surface area contributed by atoms with E-state index in [-0.39, 0.29) is 18.1 Å². The Morgan fingerprint density at radius 2 is 1.87 bits per heavy atom. The summed E-state index contributed by atoms with van der Waals surface area (Å²) in [6.45, 7) is 3.96. The van der Waals surface area contributed by atoms with Crippen LogP contribution in [0, 0.1) is 5.41 Å². The molecule has 0 saturated heterocycles. The molecule has 0 saturated carbocycles. The lowest BCUT2D eigenvalue weighted by atomic mass is 9.82. The van der Waals surface area contributed by atoms with Gasteiger partial charge >= 0.3 is 0 Å². The van der Waals surface area contributed by atoms with Crippen molar-refractivity contribution in [3.8, 4) is 0 Å². The van der Waals surface area contributed by atoms with Gasteiger partial charge in [-0.2, -0.15) is 0 Å². The maximum atomic E-state index is 11.4. The smallest absolute Gasteiger partial charge is 0.150 e. The van der Waals surface area contributed by atoms with Crippen molar-refractivity contribution in [2.75, 3.05) is 24.7 Å². The zero-order valence-electron chi connectivity index (χ0n) is 9.70. The molecule has 0 aromatic rings. The molecule has 15 heavy (non-hydrogen) atoms. The Kier molecular flexibility index (Phi) is 6.40. The molecule has 92 valence electrons. The van der Waals surface area contributed by atoms with Gasteiger partial charge in [0.05, 0.1) is 5.75 Å². The van der Waals surface area contributed by atoms with E-state index >= 15 is 0 Å². The van der Waals surface area contributed by atoms with Crippen molar-refractivity contribution >= 4 is 9.84 Å². The minimum absolute atomic E-state index is 0.0312. The Balaban J connectivity index is 4.42. The highest BCUT2D eigenvalue weighted by Crippen LogP contribution is 2.27. The normalized spacial score (nSPS) is 16.3. The number of nitrogens with two attached hydrogens (primary N) is 1. The highest BCUT2D eigenvalue weighted by Gasteiger charge is 2.28. The number of sulfone groups is 1. The van der Waals surface area contributed by atoms with E-state index in [0.29, 0.717) is 13.0 Å². The van der Waals surface area contributed by atoms with E-state index in [1.165, 1.54) is 0 Å². The van der Waals surface area contributed by atoms with Crippen LogP contribution < -0.4 is 5.73 Å². The average Bonchev–Trinajstić information content (AvgIpc) is 2.24. The molecule has 0 spiro atoms. The molecule has 0 rings (SSSR count). The van der Waals surface area contributed by atoms with Crippen LogP contribution in [0.4, 0.5) is 0 Å². The van der Waals surface area contributed by atoms with Crippen LogP contribution in [0.15, 0.2) is 0 Å². The standard InChI is InChI=1S/C10H23NO3S/c1-3-5-10(8-11,9-12)6-7-15(13,14)4-2/h12H,3-9,11H2,1-2H3. The summed E-state index contributed by atoms with van der Waals surface area (Å²) in [6.07, 6.45) is 2.15. The zero-order valence-corrected chi connectivity index (χ0v) is 10.5. The van der Waals surface area contributed by atoms with Crippen LogP contribution in [0.2, 0.25) is 0 Å². The Morgan fingerprint density at radius 3 is 2.20 bits per heavy atom. The minimum Gasteiger partial charge on any atom is -0.396 e. The number of aliphatic hydroxyl groups is 1. The van der Waals surface area contributed by atoms with Crippen molar-refractivity contribution in [2.45, 2.75) is 33.1 Å². The summed E-state index contributed by atoms with van der Waals surface area (Å²) < 4.78 is 22.7. The van der Waals surface area contributed by atoms with Crippen molar-refractivity contribution < 1.29 is 13.5 Å². The summed E-state index contributed by atoms with van der Waals surface area (Å²) in [7, 11) is -2.96. The lowest BCUT2D eigenvalue weighted by Crippen LogP contribution is -2.36. The van der Waals surface area contributed by atoms with Gasteiger partial charge < -0.3 is 10.8 Å². The lowest BCUT2D eigenvalue weighted by molar-refractivity contribution is 0.117. The van der Waals surface area contributed by atoms with Gasteiger partial charge in [-0.1, -0.05) is 20.3 Å². The summed E-state index contributed by atoms with van der Waals surface area (Å²) in [4.78, 5) is 0. The third kappa shape index (κ3) is 4.95. The molecule has 0 aliphatic carbocycles. The van der Waals surface area contributed by atoms with Crippen molar-refractivity contribution in [1.29, 1.82) is 0 Å². The molecule has 3 N–H and O–H groups in total. The molecule has 0 fully saturated rings. The average molecular weight is 237 g/mol. The van der Waals surface area contributed by atoms with Gasteiger partial charge in [-0.3, -0.25) is 0 Å². The maximum absolute atomic E-state index is 11.4. The fourth-order valence-electron chi connectivity index (χ4n) is 1.60. The van der Waals surface area contributed by atoms with Crippen LogP contribution in [0.25, 0.3) is 0 Å². The second-order valence-corrected chi connectivity index (χ2v) is 6.57. The summed E-state index contributed by atoms with van der Waals surface area (Å²) in [5.74, 6) is 0.284. The van der Waals surface area contributed by atoms with E-state index in [2.05, 4.69) is 0 Å². The molecule has 1 unspecified atom stereocenters. The summed E-state index contributed by atoms with van der Waals surface area (Å²) >= 11 is 0. The van der Waals surface area contributed by atoms with Gasteiger partial charge in [0.1, 0.15) is 9.84 Å². The molecule has 4 nitrogen and oxygen atoms in total. The van der Waals surface area contributed by atoms with Crippen molar-refractivity contribution in [3.63, 3.8) is 0 Å². The third-order valence-electron chi connectivity index (χ3n) is 2.93. The van der Waals surface area contributed by atoms with Gasteiger partial charge in [0.2, 0.25) is 0 Å². The first-order valence-electron chi connectivity index (χ1n) is 5.46. The van der Waals surface area contributed by atoms with E-state index in [0.717, 1.165) is 12.8 Å². The Bertz CT molecular complexity index is 258. The Hall–Kier alpha value is -0.130. The van der Waals surface area contributed by atoms with Crippen LogP contribution >= 0.6 is 0 Å². The molecule has 0 aliphatic rings. The van der Waals surface area contributed by atoms with Gasteiger partial charge in [-0.25, -0.2) is 8.42 Å². The van der Waals surface area contributed by atoms with Crippen molar-refractivity contribution in [2.24, 2.45) is 11.1 Å². The second kappa shape index (κ2) is 6.45. The molecule has 0 bridgehead atoms. The van der Waals surface area contributed by atoms with Crippen LogP contribution in [0.1, 0.15) is 33.1 Å². The molecule has 0 amide bonds. The predicted molar refractivity (Wildman–Crippen MR) is 62.4 cm³/mol. The van der Waals surface area contributed by atoms with E-state index < -0.39 is 15.3 Å². The molecule has 0 radical (unpaired) electrons. The molecule has 0 aromatic heterocycles. The van der Waals surface area contributed by atoms with E-state index in [9.17, 15) is 13.5 Å². The van der Waals surface area contributed by atoms with Crippen molar-refractivity contribution in [3.05, 3.63) is 0 Å². The van der Waals surface area contributed by atoms with Crippen molar-refractivity contribution in [1.82, 2.24) is 0 Å². The quantitative estimate of drug-likeness (QED) is 0.646. The van der Waals surface area contributed by atoms with E-state index in [4.69, 9.17) is 5.73 Å². The SMILES string of the molecule is CCCC(CN)(CO)CCS(=O)(=O)CC. The Morgan fingerprint density at radius 1 is 1.27 bits per heavy atom. The van der Waals surface area contributed by atoms with Crippen LogP contribution in [-0.4, -0.2) is 38.2 Å². The zero-order chi connectivity index (χ0) is 11.9. The Labute approximate surface area is 92.8 Å². The number of rotatable bonds is 8. The molecular formula is C10H23NO3S. The predicted octanol–water partition coefficient (Wildman–Crippen LogP) is 0.549. The first kappa shape index (κ1) is 14.9. The summed E-state index contributed by atoms with van der Waals surface area (Å²) in [6, 6.07) is 0. The summed E-state index contributed by atoms with van der Waals surface area (Å²) in [5, 5.41) is 9.30. The number of hydrogen-bond acceptors (Lipinski definition) is 4. The molecule has 0 aliphatic heterocycles. The van der Waals surface area contributed by atoms with Gasteiger partial charge in [-0.15, -0.1) is 0 Å². The van der Waals surface area contributed by atoms with Crippen LogP contribution in [-0.2, 0) is 9.84 Å². The van der Waals surface area contributed by atoms with Gasteiger partial charge in [0.25, 0.3) is 0 Å². The first-order chi connectivity index (χ1) is 6.95. The van der Waals surface area contributed by atoms with E-state index in [1.54, 1.807) is 6.92 Å². The van der Waals surface area contributed by atoms with Gasteiger partial charge in [-0.05, 0) is 12.8 Å². The highest BCUT2D eigenvalue weighted by atomic mass is 32.2. The highest BCUT2D eigenvalue weighted by molar-refractivity contribution is 7.91. The largest absolute Gasteiger partial charge is 0.396 e. The first-order valence-corrected chi connectivity index (χ1v) is 7.28. The number of aliphatic hydroxyl groups excluding tert-OH is 1. The lowest BCUT2D eigenvalue weighted by Gasteiger charge is -2.29. The molecule has 0 aromatic carbocycles. The molecule has 0 heterocycles. The maximum Gasteiger partial charge on any atom is 0.150 e. The fourth-order valence-corrected chi connectivity index (χ4v) is 2.63. The minimum atomic E-state index is -2.96. The van der Waals surface area contributed by atoms with Crippen LogP contribution in [0.5, 0.6) is 0 Å².